The number of benzene rings is 2. The zero-order valence-electron chi connectivity index (χ0n) is 16.3. The lowest BCUT2D eigenvalue weighted by Gasteiger charge is -2.30. The molecule has 0 aliphatic heterocycles. The lowest BCUT2D eigenvalue weighted by Crippen LogP contribution is -2.50. The molecule has 0 heterocycles. The molecule has 5 nitrogen and oxygen atoms in total. The summed E-state index contributed by atoms with van der Waals surface area (Å²) in [4.78, 5) is 27.1. The van der Waals surface area contributed by atoms with Crippen LogP contribution in [0.15, 0.2) is 42.5 Å². The lowest BCUT2D eigenvalue weighted by molar-refractivity contribution is -0.142. The van der Waals surface area contributed by atoms with Crippen molar-refractivity contribution in [2.45, 2.75) is 32.9 Å². The van der Waals surface area contributed by atoms with Gasteiger partial charge >= 0.3 is 0 Å². The SMILES string of the molecule is CCNC(=O)[C@@H](CC)N(Cc1ccc(Cl)c(Cl)c1)C(=O)COc1ccc(I)cc1. The molecule has 0 aromatic heterocycles. The van der Waals surface area contributed by atoms with E-state index in [4.69, 9.17) is 27.9 Å². The highest BCUT2D eigenvalue weighted by atomic mass is 127. The summed E-state index contributed by atoms with van der Waals surface area (Å²) in [6.45, 7) is 4.26. The van der Waals surface area contributed by atoms with Gasteiger partial charge in [-0.2, -0.15) is 0 Å². The maximum Gasteiger partial charge on any atom is 0.261 e. The highest BCUT2D eigenvalue weighted by Crippen LogP contribution is 2.24. The van der Waals surface area contributed by atoms with E-state index in [0.29, 0.717) is 28.8 Å². The van der Waals surface area contributed by atoms with Gasteiger partial charge in [0.1, 0.15) is 11.8 Å². The molecule has 0 aliphatic carbocycles. The molecule has 1 N–H and O–H groups in total. The zero-order chi connectivity index (χ0) is 21.4. The van der Waals surface area contributed by atoms with Gasteiger partial charge in [0.2, 0.25) is 5.91 Å². The Kier molecular flexibility index (Phi) is 9.52. The van der Waals surface area contributed by atoms with E-state index in [-0.39, 0.29) is 25.0 Å². The summed E-state index contributed by atoms with van der Waals surface area (Å²) in [6.07, 6.45) is 0.475. The predicted octanol–water partition coefficient (Wildman–Crippen LogP) is 4.92. The first-order valence-electron chi connectivity index (χ1n) is 9.25. The number of halogens is 3. The fourth-order valence-electron chi connectivity index (χ4n) is 2.81. The predicted molar refractivity (Wildman–Crippen MR) is 124 cm³/mol. The largest absolute Gasteiger partial charge is 0.484 e. The number of amides is 2. The molecule has 0 saturated carbocycles. The minimum absolute atomic E-state index is 0.169. The van der Waals surface area contributed by atoms with Gasteiger partial charge in [-0.3, -0.25) is 9.59 Å². The molecule has 156 valence electrons. The molecule has 2 aromatic carbocycles. The number of hydrogen-bond donors (Lipinski definition) is 1. The van der Waals surface area contributed by atoms with Crippen LogP contribution in [0.3, 0.4) is 0 Å². The van der Waals surface area contributed by atoms with Crippen molar-refractivity contribution in [1.29, 1.82) is 0 Å². The van der Waals surface area contributed by atoms with Crippen LogP contribution in [0.2, 0.25) is 10.0 Å². The first-order chi connectivity index (χ1) is 13.8. The number of likely N-dealkylation sites (N-methyl/N-ethyl adjacent to an activating group) is 1. The molecular weight excluding hydrogens is 526 g/mol. The van der Waals surface area contributed by atoms with Crippen LogP contribution in [0.1, 0.15) is 25.8 Å². The molecule has 0 unspecified atom stereocenters. The smallest absolute Gasteiger partial charge is 0.261 e. The minimum atomic E-state index is -0.614. The van der Waals surface area contributed by atoms with E-state index in [1.165, 1.54) is 4.90 Å². The second-order valence-electron chi connectivity index (χ2n) is 6.33. The minimum Gasteiger partial charge on any atom is -0.484 e. The summed E-state index contributed by atoms with van der Waals surface area (Å²) in [5, 5.41) is 3.63. The summed E-state index contributed by atoms with van der Waals surface area (Å²) < 4.78 is 6.72. The van der Waals surface area contributed by atoms with Gasteiger partial charge in [-0.05, 0) is 77.9 Å². The van der Waals surface area contributed by atoms with E-state index in [1.807, 2.05) is 26.0 Å². The van der Waals surface area contributed by atoms with E-state index in [9.17, 15) is 9.59 Å². The van der Waals surface area contributed by atoms with Gasteiger partial charge in [0.15, 0.2) is 6.61 Å². The van der Waals surface area contributed by atoms with Crippen molar-refractivity contribution in [3.8, 4) is 5.75 Å². The van der Waals surface area contributed by atoms with Crippen LogP contribution in [0.25, 0.3) is 0 Å². The average Bonchev–Trinajstić information content (AvgIpc) is 2.70. The van der Waals surface area contributed by atoms with E-state index in [2.05, 4.69) is 27.9 Å². The normalized spacial score (nSPS) is 11.6. The molecule has 2 rings (SSSR count). The number of hydrogen-bond acceptors (Lipinski definition) is 3. The number of rotatable bonds is 9. The standard InChI is InChI=1S/C21H23Cl2IN2O3/c1-3-19(21(28)25-4-2)26(12-14-5-10-17(22)18(23)11-14)20(27)13-29-16-8-6-15(24)7-9-16/h5-11,19H,3-4,12-13H2,1-2H3,(H,25,28)/t19-/m1/s1. The van der Waals surface area contributed by atoms with Crippen molar-refractivity contribution in [3.05, 3.63) is 61.6 Å². The Hall–Kier alpha value is -1.51. The second-order valence-corrected chi connectivity index (χ2v) is 8.39. The summed E-state index contributed by atoms with van der Waals surface area (Å²) >= 11 is 14.3. The van der Waals surface area contributed by atoms with Crippen molar-refractivity contribution >= 4 is 57.6 Å². The third-order valence-corrected chi connectivity index (χ3v) is 5.71. The van der Waals surface area contributed by atoms with E-state index < -0.39 is 6.04 Å². The number of ether oxygens (including phenoxy) is 1. The Balaban J connectivity index is 2.21. The van der Waals surface area contributed by atoms with Gasteiger partial charge in [0.25, 0.3) is 5.91 Å². The van der Waals surface area contributed by atoms with Crippen molar-refractivity contribution in [3.63, 3.8) is 0 Å². The van der Waals surface area contributed by atoms with Gasteiger partial charge in [0, 0.05) is 16.7 Å². The fourth-order valence-corrected chi connectivity index (χ4v) is 3.49. The van der Waals surface area contributed by atoms with Crippen LogP contribution in [-0.4, -0.2) is 35.9 Å². The Bertz CT molecular complexity index is 846. The molecule has 1 atom stereocenters. The molecule has 0 spiro atoms. The molecule has 0 aliphatic rings. The van der Waals surface area contributed by atoms with Gasteiger partial charge in [-0.15, -0.1) is 0 Å². The van der Waals surface area contributed by atoms with E-state index in [1.54, 1.807) is 30.3 Å². The molecule has 8 heteroatoms. The third-order valence-electron chi connectivity index (χ3n) is 4.25. The molecule has 0 fully saturated rings. The second kappa shape index (κ2) is 11.6. The first-order valence-corrected chi connectivity index (χ1v) is 11.1. The van der Waals surface area contributed by atoms with Gasteiger partial charge < -0.3 is 15.0 Å². The number of nitrogens with zero attached hydrogens (tertiary/aromatic N) is 1. The molecule has 0 bridgehead atoms. The fraction of sp³-hybridized carbons (Fsp3) is 0.333. The third kappa shape index (κ3) is 7.04. The van der Waals surface area contributed by atoms with Crippen molar-refractivity contribution in [2.75, 3.05) is 13.2 Å². The Morgan fingerprint density at radius 1 is 1.10 bits per heavy atom. The topological polar surface area (TPSA) is 58.6 Å². The van der Waals surface area contributed by atoms with Crippen LogP contribution in [-0.2, 0) is 16.1 Å². The van der Waals surface area contributed by atoms with Crippen LogP contribution in [0, 0.1) is 3.57 Å². The molecule has 2 aromatic rings. The summed E-state index contributed by atoms with van der Waals surface area (Å²) in [7, 11) is 0. The molecule has 0 saturated heterocycles. The monoisotopic (exact) mass is 548 g/mol. The van der Waals surface area contributed by atoms with E-state index in [0.717, 1.165) is 9.13 Å². The first kappa shape index (κ1) is 23.8. The molecular formula is C21H23Cl2IN2O3. The quantitative estimate of drug-likeness (QED) is 0.452. The van der Waals surface area contributed by atoms with Crippen LogP contribution < -0.4 is 10.1 Å². The molecule has 0 radical (unpaired) electrons. The maximum absolute atomic E-state index is 13.0. The number of carbonyl (C=O) groups excluding carboxylic acids is 2. The van der Waals surface area contributed by atoms with Crippen molar-refractivity contribution < 1.29 is 14.3 Å². The number of carbonyl (C=O) groups is 2. The average molecular weight is 549 g/mol. The maximum atomic E-state index is 13.0. The highest BCUT2D eigenvalue weighted by molar-refractivity contribution is 14.1. The Labute approximate surface area is 194 Å². The zero-order valence-corrected chi connectivity index (χ0v) is 19.9. The highest BCUT2D eigenvalue weighted by Gasteiger charge is 2.28. The van der Waals surface area contributed by atoms with Gasteiger partial charge in [-0.25, -0.2) is 0 Å². The Morgan fingerprint density at radius 2 is 1.79 bits per heavy atom. The molecule has 2 amide bonds. The number of nitrogens with one attached hydrogen (secondary N) is 1. The van der Waals surface area contributed by atoms with Crippen LogP contribution in [0.4, 0.5) is 0 Å². The lowest BCUT2D eigenvalue weighted by atomic mass is 10.1. The van der Waals surface area contributed by atoms with Crippen LogP contribution in [0.5, 0.6) is 5.75 Å². The van der Waals surface area contributed by atoms with E-state index >= 15 is 0 Å². The van der Waals surface area contributed by atoms with Crippen LogP contribution >= 0.6 is 45.8 Å². The van der Waals surface area contributed by atoms with Crippen molar-refractivity contribution in [1.82, 2.24) is 10.2 Å². The summed E-state index contributed by atoms with van der Waals surface area (Å²) in [5.74, 6) is 0.115. The van der Waals surface area contributed by atoms with Gasteiger partial charge in [0.05, 0.1) is 10.0 Å². The summed E-state index contributed by atoms with van der Waals surface area (Å²) in [6, 6.07) is 12.0. The van der Waals surface area contributed by atoms with Gasteiger partial charge in [-0.1, -0.05) is 36.2 Å². The van der Waals surface area contributed by atoms with Crippen molar-refractivity contribution in [2.24, 2.45) is 0 Å². The molecule has 29 heavy (non-hydrogen) atoms. The summed E-state index contributed by atoms with van der Waals surface area (Å²) in [5.41, 5.74) is 0.782. The Morgan fingerprint density at radius 3 is 2.38 bits per heavy atom.